The highest BCUT2D eigenvalue weighted by atomic mass is 35.5. The predicted molar refractivity (Wildman–Crippen MR) is 69.7 cm³/mol. The van der Waals surface area contributed by atoms with Gasteiger partial charge in [-0.15, -0.1) is 0 Å². The Morgan fingerprint density at radius 2 is 2.00 bits per heavy atom. The van der Waals surface area contributed by atoms with Crippen molar-refractivity contribution >= 4 is 23.1 Å². The summed E-state index contributed by atoms with van der Waals surface area (Å²) >= 11 is 5.88. The molecule has 9 heteroatoms. The lowest BCUT2D eigenvalue weighted by molar-refractivity contribution is -0.389. The smallest absolute Gasteiger partial charge is 0.358 e. The van der Waals surface area contributed by atoms with Crippen LogP contribution in [0.25, 0.3) is 11.4 Å². The molecule has 1 aromatic heterocycles. The lowest BCUT2D eigenvalue weighted by Crippen LogP contribution is -2.10. The second-order valence-electron chi connectivity index (χ2n) is 4.34. The summed E-state index contributed by atoms with van der Waals surface area (Å²) in [6, 6.07) is 2.85. The number of aryl methyl sites for hydroxylation is 2. The van der Waals surface area contributed by atoms with Crippen LogP contribution < -0.4 is 0 Å². The van der Waals surface area contributed by atoms with E-state index in [0.29, 0.717) is 29.9 Å². The van der Waals surface area contributed by atoms with Crippen molar-refractivity contribution in [1.82, 2.24) is 9.55 Å². The summed E-state index contributed by atoms with van der Waals surface area (Å²) in [5.41, 5.74) is 1.15. The van der Waals surface area contributed by atoms with E-state index in [4.69, 9.17) is 11.6 Å². The van der Waals surface area contributed by atoms with Crippen molar-refractivity contribution in [3.8, 4) is 11.4 Å². The minimum atomic E-state index is -0.571. The number of hydrogen-bond acceptors (Lipinski definition) is 5. The second-order valence-corrected chi connectivity index (χ2v) is 4.75. The number of nitro groups is 2. The molecule has 8 nitrogen and oxygen atoms in total. The maximum absolute atomic E-state index is 10.9. The number of fused-ring (bicyclic) bond motifs is 3. The number of nitrogens with zero attached hydrogens (tertiary/aromatic N) is 4. The molecule has 2 aromatic rings. The van der Waals surface area contributed by atoms with Gasteiger partial charge in [0.05, 0.1) is 4.92 Å². The molecule has 0 atom stereocenters. The quantitative estimate of drug-likeness (QED) is 0.625. The number of aromatic nitrogens is 2. The molecule has 0 saturated heterocycles. The summed E-state index contributed by atoms with van der Waals surface area (Å²) in [4.78, 5) is 24.4. The summed E-state index contributed by atoms with van der Waals surface area (Å²) in [7, 11) is 0. The van der Waals surface area contributed by atoms with Crippen LogP contribution in [0.5, 0.6) is 0 Å². The molecule has 0 N–H and O–H groups in total. The van der Waals surface area contributed by atoms with Crippen molar-refractivity contribution in [1.29, 1.82) is 0 Å². The second kappa shape index (κ2) is 4.27. The number of benzene rings is 1. The summed E-state index contributed by atoms with van der Waals surface area (Å²) in [5.74, 6) is 0.164. The molecule has 0 aliphatic carbocycles. The normalized spacial score (nSPS) is 12.7. The van der Waals surface area contributed by atoms with E-state index in [1.807, 2.05) is 0 Å². The maximum Gasteiger partial charge on any atom is 0.382 e. The Bertz CT molecular complexity index is 755. The van der Waals surface area contributed by atoms with Crippen LogP contribution in [0.1, 0.15) is 5.56 Å². The van der Waals surface area contributed by atoms with Crippen LogP contribution in [0.15, 0.2) is 18.3 Å². The first-order valence-electron chi connectivity index (χ1n) is 5.66. The predicted octanol–water partition coefficient (Wildman–Crippen LogP) is 2.58. The molecule has 1 aliphatic rings. The molecular formula is C11H7ClN4O4. The lowest BCUT2D eigenvalue weighted by Gasteiger charge is -2.15. The minimum Gasteiger partial charge on any atom is -0.358 e. The highest BCUT2D eigenvalue weighted by molar-refractivity contribution is 6.33. The highest BCUT2D eigenvalue weighted by Crippen LogP contribution is 2.37. The zero-order valence-corrected chi connectivity index (χ0v) is 10.7. The van der Waals surface area contributed by atoms with Crippen LogP contribution in [-0.2, 0) is 13.0 Å². The Hall–Kier alpha value is -2.48. The van der Waals surface area contributed by atoms with E-state index < -0.39 is 9.85 Å². The van der Waals surface area contributed by atoms with Crippen molar-refractivity contribution in [2.24, 2.45) is 0 Å². The van der Waals surface area contributed by atoms with Crippen molar-refractivity contribution in [3.63, 3.8) is 0 Å². The van der Waals surface area contributed by atoms with E-state index in [9.17, 15) is 20.2 Å². The van der Waals surface area contributed by atoms with Gasteiger partial charge in [-0.3, -0.25) is 10.1 Å². The first kappa shape index (κ1) is 12.5. The summed E-state index contributed by atoms with van der Waals surface area (Å²) in [6.45, 7) is 0.488. The highest BCUT2D eigenvalue weighted by Gasteiger charge is 2.28. The van der Waals surface area contributed by atoms with Crippen molar-refractivity contribution in [2.75, 3.05) is 0 Å². The van der Waals surface area contributed by atoms with Crippen LogP contribution in [0.2, 0.25) is 5.02 Å². The molecule has 0 spiro atoms. The van der Waals surface area contributed by atoms with Gasteiger partial charge in [-0.25, -0.2) is 0 Å². The molecule has 3 rings (SSSR count). The SMILES string of the molecule is O=[N+]([O-])c1cn2c(n1)-c1cc(Cl)c([N+](=O)[O-])cc1CC2. The Balaban J connectivity index is 2.19. The molecule has 1 aromatic carbocycles. The van der Waals surface area contributed by atoms with Crippen LogP contribution >= 0.6 is 11.6 Å². The molecule has 102 valence electrons. The minimum absolute atomic E-state index is 0.00662. The fourth-order valence-corrected chi connectivity index (χ4v) is 2.51. The van der Waals surface area contributed by atoms with Crippen molar-refractivity contribution < 1.29 is 9.85 Å². The Morgan fingerprint density at radius 3 is 2.65 bits per heavy atom. The topological polar surface area (TPSA) is 104 Å². The zero-order valence-electron chi connectivity index (χ0n) is 9.95. The van der Waals surface area contributed by atoms with Gasteiger partial charge in [0, 0.05) is 18.2 Å². The molecule has 0 saturated carbocycles. The number of rotatable bonds is 2. The van der Waals surface area contributed by atoms with Gasteiger partial charge in [-0.05, 0) is 28.0 Å². The monoisotopic (exact) mass is 294 g/mol. The van der Waals surface area contributed by atoms with Gasteiger partial charge in [0.25, 0.3) is 11.5 Å². The number of hydrogen-bond donors (Lipinski definition) is 0. The lowest BCUT2D eigenvalue weighted by atomic mass is 10.00. The molecule has 0 radical (unpaired) electrons. The van der Waals surface area contributed by atoms with Crippen molar-refractivity contribution in [3.05, 3.63) is 49.1 Å². The van der Waals surface area contributed by atoms with Gasteiger partial charge >= 0.3 is 5.82 Å². The van der Waals surface area contributed by atoms with Crippen LogP contribution in [-0.4, -0.2) is 19.4 Å². The maximum atomic E-state index is 10.9. The van der Waals surface area contributed by atoms with Gasteiger partial charge in [-0.1, -0.05) is 11.6 Å². The van der Waals surface area contributed by atoms with Crippen LogP contribution in [0.3, 0.4) is 0 Å². The van der Waals surface area contributed by atoms with Gasteiger partial charge < -0.3 is 14.7 Å². The molecule has 2 heterocycles. The summed E-state index contributed by atoms with van der Waals surface area (Å²) < 4.78 is 1.66. The molecule has 0 unspecified atom stereocenters. The fraction of sp³-hybridized carbons (Fsp3) is 0.182. The molecule has 0 bridgehead atoms. The molecule has 0 amide bonds. The molecular weight excluding hydrogens is 288 g/mol. The molecule has 0 fully saturated rings. The first-order valence-corrected chi connectivity index (χ1v) is 6.04. The largest absolute Gasteiger partial charge is 0.382 e. The third-order valence-electron chi connectivity index (χ3n) is 3.18. The van der Waals surface area contributed by atoms with Gasteiger partial charge in [-0.2, -0.15) is 0 Å². The van der Waals surface area contributed by atoms with Gasteiger partial charge in [0.1, 0.15) is 11.2 Å². The van der Waals surface area contributed by atoms with E-state index in [1.165, 1.54) is 18.3 Å². The average Bonchev–Trinajstić information content (AvgIpc) is 2.82. The Morgan fingerprint density at radius 1 is 1.25 bits per heavy atom. The number of imidazole rings is 1. The van der Waals surface area contributed by atoms with E-state index in [-0.39, 0.29) is 16.5 Å². The first-order chi connectivity index (χ1) is 9.47. The van der Waals surface area contributed by atoms with Crippen LogP contribution in [0.4, 0.5) is 11.5 Å². The number of halogens is 1. The third kappa shape index (κ3) is 1.81. The molecule has 20 heavy (non-hydrogen) atoms. The van der Waals surface area contributed by atoms with E-state index in [0.717, 1.165) is 0 Å². The van der Waals surface area contributed by atoms with Crippen LogP contribution in [0, 0.1) is 20.2 Å². The standard InChI is InChI=1S/C11H7ClN4O4/c12-8-4-7-6(3-9(8)15(17)18)1-2-14-5-10(16(19)20)13-11(7)14/h3-5H,1-2H2. The number of nitro benzene ring substituents is 1. The average molecular weight is 295 g/mol. The van der Waals surface area contributed by atoms with E-state index in [2.05, 4.69) is 4.98 Å². The summed E-state index contributed by atoms with van der Waals surface area (Å²) in [6.07, 6.45) is 1.89. The third-order valence-corrected chi connectivity index (χ3v) is 3.49. The Kier molecular flexibility index (Phi) is 2.68. The van der Waals surface area contributed by atoms with Gasteiger partial charge in [0.15, 0.2) is 0 Å². The fourth-order valence-electron chi connectivity index (χ4n) is 2.28. The van der Waals surface area contributed by atoms with Crippen molar-refractivity contribution in [2.45, 2.75) is 13.0 Å². The molecule has 1 aliphatic heterocycles. The van der Waals surface area contributed by atoms with Gasteiger partial charge in [0.2, 0.25) is 0 Å². The Labute approximate surface area is 116 Å². The zero-order chi connectivity index (χ0) is 14.4. The summed E-state index contributed by atoms with van der Waals surface area (Å²) in [5, 5.41) is 21.6. The van der Waals surface area contributed by atoms with E-state index >= 15 is 0 Å². The van der Waals surface area contributed by atoms with E-state index in [1.54, 1.807) is 4.57 Å².